The summed E-state index contributed by atoms with van der Waals surface area (Å²) in [6.07, 6.45) is -1.19. The Morgan fingerprint density at radius 2 is 1.77 bits per heavy atom. The summed E-state index contributed by atoms with van der Waals surface area (Å²) in [6.45, 7) is 8.65. The Kier molecular flexibility index (Phi) is 7.19. The Labute approximate surface area is 258 Å². The quantitative estimate of drug-likeness (QED) is 0.215. The van der Waals surface area contributed by atoms with Crippen LogP contribution in [0.5, 0.6) is 0 Å². The number of carboxylic acids is 1. The number of ether oxygens (including phenoxy) is 1. The molecular formula is C32H32ClN5O4S. The highest BCUT2D eigenvalue weighted by Crippen LogP contribution is 2.45. The minimum Gasteiger partial charge on any atom is -0.479 e. The third-order valence-electron chi connectivity index (χ3n) is 7.57. The molecular weight excluding hydrogens is 586 g/mol. The van der Waals surface area contributed by atoms with Gasteiger partial charge in [-0.15, -0.1) is 11.3 Å². The highest BCUT2D eigenvalue weighted by molar-refractivity contribution is 7.22. The zero-order valence-corrected chi connectivity index (χ0v) is 26.4. The molecule has 6 rings (SSSR count). The molecule has 0 aliphatic carbocycles. The second kappa shape index (κ2) is 10.6. The topological polar surface area (TPSA) is 101 Å². The number of amides is 2. The number of aryl methyl sites for hydroxylation is 2. The van der Waals surface area contributed by atoms with E-state index in [1.165, 1.54) is 11.3 Å². The normalized spacial score (nSPS) is 14.8. The van der Waals surface area contributed by atoms with Crippen LogP contribution in [0.25, 0.3) is 42.8 Å². The minimum atomic E-state index is -1.19. The zero-order chi connectivity index (χ0) is 30.8. The van der Waals surface area contributed by atoms with Crippen LogP contribution in [0.15, 0.2) is 48.5 Å². The molecule has 5 aromatic rings. The van der Waals surface area contributed by atoms with Gasteiger partial charge in [0, 0.05) is 54.3 Å². The van der Waals surface area contributed by atoms with Gasteiger partial charge in [-0.05, 0) is 75.2 Å². The summed E-state index contributed by atoms with van der Waals surface area (Å²) >= 11 is 7.73. The van der Waals surface area contributed by atoms with E-state index in [-0.39, 0.29) is 6.03 Å². The number of anilines is 1. The van der Waals surface area contributed by atoms with Crippen molar-refractivity contribution in [2.45, 2.75) is 39.4 Å². The smallest absolute Gasteiger partial charge is 0.337 e. The lowest BCUT2D eigenvalue weighted by molar-refractivity contribution is -0.160. The summed E-state index contributed by atoms with van der Waals surface area (Å²) in [6, 6.07) is 15.3. The number of halogens is 1. The predicted molar refractivity (Wildman–Crippen MR) is 171 cm³/mol. The molecule has 0 bridgehead atoms. The number of likely N-dealkylation sites (N-methyl/N-ethyl adjacent to an activating group) is 1. The minimum absolute atomic E-state index is 0.0774. The first kappa shape index (κ1) is 29.1. The second-order valence-corrected chi connectivity index (χ2v) is 13.3. The maximum absolute atomic E-state index is 12.8. The fraction of sp³-hybridized carbons (Fsp3) is 0.312. The molecule has 1 aliphatic heterocycles. The zero-order valence-electron chi connectivity index (χ0n) is 24.8. The number of nitrogens with zero attached hydrogens (tertiary/aromatic N) is 5. The van der Waals surface area contributed by atoms with E-state index >= 15 is 0 Å². The van der Waals surface area contributed by atoms with Crippen LogP contribution in [0.2, 0.25) is 5.02 Å². The van der Waals surface area contributed by atoms with Crippen molar-refractivity contribution < 1.29 is 19.4 Å². The summed E-state index contributed by atoms with van der Waals surface area (Å²) in [5.74, 6) is -0.438. The third kappa shape index (κ3) is 5.24. The van der Waals surface area contributed by atoms with Crippen molar-refractivity contribution in [3.63, 3.8) is 0 Å². The molecule has 43 heavy (non-hydrogen) atoms. The maximum atomic E-state index is 12.8. The average Bonchev–Trinajstić information content (AvgIpc) is 3.61. The number of hydrogen-bond donors (Lipinski definition) is 1. The first-order valence-corrected chi connectivity index (χ1v) is 15.1. The van der Waals surface area contributed by atoms with Gasteiger partial charge < -0.3 is 14.7 Å². The Morgan fingerprint density at radius 1 is 1.07 bits per heavy atom. The van der Waals surface area contributed by atoms with Crippen molar-refractivity contribution in [2.75, 3.05) is 25.0 Å². The van der Waals surface area contributed by atoms with Crippen LogP contribution in [0.4, 0.5) is 10.6 Å². The van der Waals surface area contributed by atoms with Gasteiger partial charge in [0.1, 0.15) is 5.01 Å². The number of thiazole rings is 1. The average molecular weight is 618 g/mol. The molecule has 2 aromatic heterocycles. The van der Waals surface area contributed by atoms with E-state index in [4.69, 9.17) is 21.3 Å². The number of carboxylic acid groups (broad SMARTS) is 1. The van der Waals surface area contributed by atoms with Gasteiger partial charge in [0.05, 0.1) is 21.3 Å². The fourth-order valence-corrected chi connectivity index (χ4v) is 6.83. The van der Waals surface area contributed by atoms with E-state index in [0.29, 0.717) is 29.5 Å². The van der Waals surface area contributed by atoms with E-state index in [1.54, 1.807) is 33.7 Å². The van der Waals surface area contributed by atoms with Crippen LogP contribution < -0.4 is 4.90 Å². The van der Waals surface area contributed by atoms with Crippen molar-refractivity contribution in [1.82, 2.24) is 19.7 Å². The lowest BCUT2D eigenvalue weighted by Gasteiger charge is -2.28. The molecule has 0 radical (unpaired) electrons. The van der Waals surface area contributed by atoms with Crippen molar-refractivity contribution >= 4 is 61.9 Å². The fourth-order valence-electron chi connectivity index (χ4n) is 5.59. The first-order valence-electron chi connectivity index (χ1n) is 13.9. The maximum Gasteiger partial charge on any atom is 0.337 e. The molecule has 2 amide bonds. The number of benzene rings is 3. The summed E-state index contributed by atoms with van der Waals surface area (Å²) in [5.41, 5.74) is 4.81. The van der Waals surface area contributed by atoms with Crippen LogP contribution >= 0.6 is 22.9 Å². The lowest BCUT2D eigenvalue weighted by atomic mass is 9.91. The van der Waals surface area contributed by atoms with Gasteiger partial charge in [-0.3, -0.25) is 9.58 Å². The molecule has 9 nitrogen and oxygen atoms in total. The molecule has 1 N–H and O–H groups in total. The number of fused-ring (bicyclic) bond motifs is 2. The summed E-state index contributed by atoms with van der Waals surface area (Å²) in [4.78, 5) is 33.9. The van der Waals surface area contributed by atoms with E-state index in [0.717, 1.165) is 48.4 Å². The van der Waals surface area contributed by atoms with Gasteiger partial charge in [0.15, 0.2) is 11.9 Å². The highest BCUT2D eigenvalue weighted by Gasteiger charge is 2.33. The number of hydrogen-bond acceptors (Lipinski definition) is 6. The Morgan fingerprint density at radius 3 is 2.40 bits per heavy atom. The molecule has 3 heterocycles. The molecule has 1 saturated heterocycles. The number of urea groups is 1. The molecule has 0 saturated carbocycles. The van der Waals surface area contributed by atoms with Crippen molar-refractivity contribution in [2.24, 2.45) is 7.05 Å². The lowest BCUT2D eigenvalue weighted by Crippen LogP contribution is -2.29. The van der Waals surface area contributed by atoms with E-state index in [1.807, 2.05) is 71.1 Å². The summed E-state index contributed by atoms with van der Waals surface area (Å²) in [5, 5.41) is 17.2. The third-order valence-corrected chi connectivity index (χ3v) is 8.96. The van der Waals surface area contributed by atoms with E-state index in [9.17, 15) is 14.7 Å². The Balaban J connectivity index is 1.56. The SMILES string of the molecule is Cc1cc2nc(-c3ccc4c(c3)c(N3CCN(C)C3=O)nn4C)sc2c(-c2ccc(Cl)cc2)c1C(OC(C)(C)C)C(=O)O. The highest BCUT2D eigenvalue weighted by atomic mass is 35.5. The van der Waals surface area contributed by atoms with Gasteiger partial charge in [0.2, 0.25) is 0 Å². The molecule has 3 aromatic carbocycles. The Hall–Kier alpha value is -3.99. The monoisotopic (exact) mass is 617 g/mol. The number of aromatic nitrogens is 3. The molecule has 222 valence electrons. The molecule has 1 atom stereocenters. The molecule has 1 fully saturated rings. The first-order chi connectivity index (χ1) is 20.3. The van der Waals surface area contributed by atoms with Gasteiger partial charge >= 0.3 is 12.0 Å². The Bertz CT molecular complexity index is 1910. The van der Waals surface area contributed by atoms with Crippen molar-refractivity contribution in [3.8, 4) is 21.7 Å². The molecule has 0 spiro atoms. The van der Waals surface area contributed by atoms with Crippen LogP contribution in [-0.2, 0) is 16.6 Å². The summed E-state index contributed by atoms with van der Waals surface area (Å²) < 4.78 is 8.77. The van der Waals surface area contributed by atoms with Crippen LogP contribution in [0, 0.1) is 6.92 Å². The van der Waals surface area contributed by atoms with E-state index < -0.39 is 17.7 Å². The molecule has 1 aliphatic rings. The second-order valence-electron chi connectivity index (χ2n) is 11.8. The van der Waals surface area contributed by atoms with Gasteiger partial charge in [-0.25, -0.2) is 14.6 Å². The molecule has 11 heteroatoms. The van der Waals surface area contributed by atoms with Gasteiger partial charge in [-0.2, -0.15) is 5.10 Å². The number of carbonyl (C=O) groups excluding carboxylic acids is 1. The predicted octanol–water partition coefficient (Wildman–Crippen LogP) is 7.29. The largest absolute Gasteiger partial charge is 0.479 e. The van der Waals surface area contributed by atoms with Crippen molar-refractivity contribution in [3.05, 3.63) is 64.7 Å². The number of rotatable bonds is 6. The van der Waals surface area contributed by atoms with Crippen LogP contribution in [-0.4, -0.2) is 62.5 Å². The number of aliphatic carboxylic acids is 1. The van der Waals surface area contributed by atoms with Gasteiger partial charge in [0.25, 0.3) is 0 Å². The van der Waals surface area contributed by atoms with Crippen molar-refractivity contribution in [1.29, 1.82) is 0 Å². The molecule has 1 unspecified atom stereocenters. The summed E-state index contributed by atoms with van der Waals surface area (Å²) in [7, 11) is 3.66. The number of carbonyl (C=O) groups is 2. The van der Waals surface area contributed by atoms with Crippen LogP contribution in [0.1, 0.15) is 38.0 Å². The van der Waals surface area contributed by atoms with Gasteiger partial charge in [-0.1, -0.05) is 23.7 Å². The standard InChI is InChI=1S/C32H32ClN5O4S/c1-17-15-22-27(25(18-7-10-20(33)11-8-18)24(17)26(30(39)40)42-32(2,3)4)43-29(34-22)19-9-12-23-21(16-19)28(35-37(23)6)38-14-13-36(5)31(38)41/h7-12,15-16,26H,13-14H2,1-6H3,(H,39,40). The van der Waals surface area contributed by atoms with E-state index in [2.05, 4.69) is 5.10 Å². The van der Waals surface area contributed by atoms with Crippen LogP contribution in [0.3, 0.4) is 0 Å².